The van der Waals surface area contributed by atoms with Gasteiger partial charge in [0.25, 0.3) is 0 Å². The number of hydrogen-bond donors (Lipinski definition) is 0. The van der Waals surface area contributed by atoms with Gasteiger partial charge in [-0.3, -0.25) is 9.36 Å². The third-order valence-electron chi connectivity index (χ3n) is 3.12. The van der Waals surface area contributed by atoms with Gasteiger partial charge in [-0.2, -0.15) is 0 Å². The molecule has 0 amide bonds. The zero-order chi connectivity index (χ0) is 14.0. The zero-order valence-corrected chi connectivity index (χ0v) is 12.1. The molecule has 0 N–H and O–H groups in total. The van der Waals surface area contributed by atoms with Crippen LogP contribution >= 0.6 is 8.46 Å². The second-order valence-electron chi connectivity index (χ2n) is 4.74. The average molecular weight is 270 g/mol. The van der Waals surface area contributed by atoms with Gasteiger partial charge in [0.05, 0.1) is 0 Å². The van der Waals surface area contributed by atoms with Crippen LogP contribution in [0.2, 0.25) is 0 Å². The molecule has 0 saturated carbocycles. The van der Waals surface area contributed by atoms with Crippen molar-refractivity contribution in [2.24, 2.45) is 0 Å². The van der Waals surface area contributed by atoms with Crippen LogP contribution in [0.5, 0.6) is 0 Å². The first-order chi connectivity index (χ1) is 9.02. The fourth-order valence-electron chi connectivity index (χ4n) is 2.39. The maximum Gasteiger partial charge on any atom is 0.193 e. The predicted octanol–water partition coefficient (Wildman–Crippen LogP) is 3.76. The standard InChI is InChI=1S/C16H15O2P/c1-10-7-11(2)15(12(3)8-10)16(17)13-5-4-6-14(9-13)19-18/h4-9H,1-3H3. The monoisotopic (exact) mass is 270 g/mol. The van der Waals surface area contributed by atoms with E-state index in [1.54, 1.807) is 24.3 Å². The van der Waals surface area contributed by atoms with E-state index in [1.807, 2.05) is 32.9 Å². The molecule has 19 heavy (non-hydrogen) atoms. The summed E-state index contributed by atoms with van der Waals surface area (Å²) in [6, 6.07) is 10.9. The Kier molecular flexibility index (Phi) is 3.92. The number of aryl methyl sites for hydroxylation is 3. The molecule has 0 aromatic heterocycles. The highest BCUT2D eigenvalue weighted by atomic mass is 31.1. The van der Waals surface area contributed by atoms with E-state index >= 15 is 0 Å². The second-order valence-corrected chi connectivity index (χ2v) is 5.44. The lowest BCUT2D eigenvalue weighted by molar-refractivity contribution is 0.103. The molecule has 3 heteroatoms. The normalized spacial score (nSPS) is 10.7. The molecule has 0 aliphatic heterocycles. The van der Waals surface area contributed by atoms with Crippen molar-refractivity contribution in [1.82, 2.24) is 0 Å². The number of rotatable bonds is 3. The van der Waals surface area contributed by atoms with E-state index in [2.05, 4.69) is 0 Å². The third-order valence-corrected chi connectivity index (χ3v) is 3.61. The fraction of sp³-hybridized carbons (Fsp3) is 0.188. The Morgan fingerprint density at radius 3 is 2.21 bits per heavy atom. The van der Waals surface area contributed by atoms with Crippen LogP contribution in [0.25, 0.3) is 0 Å². The van der Waals surface area contributed by atoms with Crippen LogP contribution in [0.4, 0.5) is 0 Å². The smallest absolute Gasteiger partial charge is 0.193 e. The summed E-state index contributed by atoms with van der Waals surface area (Å²) in [6.45, 7) is 5.91. The quantitative estimate of drug-likeness (QED) is 0.628. The maximum absolute atomic E-state index is 12.6. The van der Waals surface area contributed by atoms with Crippen molar-refractivity contribution in [1.29, 1.82) is 0 Å². The molecule has 0 aliphatic rings. The molecule has 2 rings (SSSR count). The van der Waals surface area contributed by atoms with Crippen LogP contribution in [-0.4, -0.2) is 5.78 Å². The van der Waals surface area contributed by atoms with Gasteiger partial charge in [0.15, 0.2) is 14.2 Å². The van der Waals surface area contributed by atoms with Gasteiger partial charge in [0.2, 0.25) is 0 Å². The highest BCUT2D eigenvalue weighted by Crippen LogP contribution is 2.20. The number of carbonyl (C=O) groups is 1. The van der Waals surface area contributed by atoms with Crippen molar-refractivity contribution >= 4 is 19.5 Å². The van der Waals surface area contributed by atoms with Gasteiger partial charge in [-0.15, -0.1) is 0 Å². The molecule has 2 nitrogen and oxygen atoms in total. The molecule has 0 unspecified atom stereocenters. The summed E-state index contributed by atoms with van der Waals surface area (Å²) < 4.78 is 10.9. The van der Waals surface area contributed by atoms with Gasteiger partial charge >= 0.3 is 0 Å². The molecular formula is C16H15O2P. The third kappa shape index (κ3) is 2.80. The van der Waals surface area contributed by atoms with Crippen molar-refractivity contribution < 1.29 is 9.36 Å². The minimum Gasteiger partial charge on any atom is -0.289 e. The molecule has 0 atom stereocenters. The summed E-state index contributed by atoms with van der Waals surface area (Å²) in [5.41, 5.74) is 4.43. The molecular weight excluding hydrogens is 255 g/mol. The molecule has 0 spiro atoms. The van der Waals surface area contributed by atoms with E-state index in [-0.39, 0.29) is 14.2 Å². The van der Waals surface area contributed by atoms with Gasteiger partial charge in [-0.1, -0.05) is 29.8 Å². The van der Waals surface area contributed by atoms with Crippen molar-refractivity contribution in [3.8, 4) is 0 Å². The van der Waals surface area contributed by atoms with Gasteiger partial charge in [0.1, 0.15) is 0 Å². The van der Waals surface area contributed by atoms with Crippen LogP contribution in [0.3, 0.4) is 0 Å². The summed E-state index contributed by atoms with van der Waals surface area (Å²) in [5.74, 6) is -0.0134. The molecule has 0 fully saturated rings. The minimum absolute atomic E-state index is 0.0134. The van der Waals surface area contributed by atoms with E-state index in [0.29, 0.717) is 10.9 Å². The Hall–Kier alpha value is -1.79. The van der Waals surface area contributed by atoms with Crippen LogP contribution in [-0.2, 0) is 4.57 Å². The van der Waals surface area contributed by atoms with Crippen LogP contribution < -0.4 is 5.30 Å². The first kappa shape index (κ1) is 13.6. The summed E-state index contributed by atoms with van der Waals surface area (Å²) in [7, 11) is -0.0644. The lowest BCUT2D eigenvalue weighted by Gasteiger charge is -2.10. The minimum atomic E-state index is -0.0644. The maximum atomic E-state index is 12.6. The van der Waals surface area contributed by atoms with E-state index in [9.17, 15) is 9.36 Å². The Labute approximate surface area is 114 Å². The Morgan fingerprint density at radius 1 is 1.00 bits per heavy atom. The second kappa shape index (κ2) is 5.46. The molecule has 0 aliphatic carbocycles. The topological polar surface area (TPSA) is 34.1 Å². The molecule has 2 aromatic rings. The number of carbonyl (C=O) groups excluding carboxylic acids is 1. The van der Waals surface area contributed by atoms with Crippen molar-refractivity contribution in [2.45, 2.75) is 20.8 Å². The largest absolute Gasteiger partial charge is 0.289 e. The number of hydrogen-bond acceptors (Lipinski definition) is 2. The average Bonchev–Trinajstić information content (AvgIpc) is 2.37. The summed E-state index contributed by atoms with van der Waals surface area (Å²) in [4.78, 5) is 12.6. The first-order valence-electron chi connectivity index (χ1n) is 6.09. The first-order valence-corrected chi connectivity index (χ1v) is 6.90. The zero-order valence-electron chi connectivity index (χ0n) is 11.2. The molecule has 0 heterocycles. The van der Waals surface area contributed by atoms with E-state index < -0.39 is 0 Å². The van der Waals surface area contributed by atoms with Crippen LogP contribution in [0, 0.1) is 20.8 Å². The van der Waals surface area contributed by atoms with E-state index in [4.69, 9.17) is 0 Å². The highest BCUT2D eigenvalue weighted by Gasteiger charge is 2.15. The van der Waals surface area contributed by atoms with Crippen LogP contribution in [0.15, 0.2) is 36.4 Å². The van der Waals surface area contributed by atoms with Gasteiger partial charge in [-0.25, -0.2) is 0 Å². The van der Waals surface area contributed by atoms with Crippen molar-refractivity contribution in [2.75, 3.05) is 0 Å². The van der Waals surface area contributed by atoms with Crippen LogP contribution in [0.1, 0.15) is 32.6 Å². The number of ketones is 1. The van der Waals surface area contributed by atoms with E-state index in [0.717, 1.165) is 22.3 Å². The van der Waals surface area contributed by atoms with Gasteiger partial charge < -0.3 is 0 Å². The molecule has 0 saturated heterocycles. The molecule has 2 aromatic carbocycles. The predicted molar refractivity (Wildman–Crippen MR) is 77.8 cm³/mol. The van der Waals surface area contributed by atoms with Crippen molar-refractivity contribution in [3.05, 3.63) is 64.2 Å². The molecule has 0 radical (unpaired) electrons. The van der Waals surface area contributed by atoms with E-state index in [1.165, 1.54) is 0 Å². The summed E-state index contributed by atoms with van der Waals surface area (Å²) in [6.07, 6.45) is 0. The SMILES string of the molecule is Cc1cc(C)c(C(=O)c2cccc(P=O)c2)c(C)c1. The Morgan fingerprint density at radius 2 is 1.63 bits per heavy atom. The summed E-state index contributed by atoms with van der Waals surface area (Å²) in [5, 5.41) is 0.619. The Bertz CT molecular complexity index is 637. The lowest BCUT2D eigenvalue weighted by Crippen LogP contribution is -2.08. The Balaban J connectivity index is 2.53. The highest BCUT2D eigenvalue weighted by molar-refractivity contribution is 7.34. The molecule has 96 valence electrons. The number of benzene rings is 2. The molecule has 0 bridgehead atoms. The van der Waals surface area contributed by atoms with Gasteiger partial charge in [0, 0.05) is 16.4 Å². The fourth-order valence-corrected chi connectivity index (χ4v) is 2.73. The summed E-state index contributed by atoms with van der Waals surface area (Å²) >= 11 is 0. The lowest BCUT2D eigenvalue weighted by atomic mass is 9.93. The van der Waals surface area contributed by atoms with Gasteiger partial charge in [-0.05, 0) is 44.0 Å². The van der Waals surface area contributed by atoms with Crippen molar-refractivity contribution in [3.63, 3.8) is 0 Å².